The maximum Gasteiger partial charge on any atom is 0.255 e. The van der Waals surface area contributed by atoms with Crippen molar-refractivity contribution >= 4 is 16.9 Å². The zero-order valence-electron chi connectivity index (χ0n) is 19.4. The minimum absolute atomic E-state index is 0.121. The number of benzene rings is 2. The van der Waals surface area contributed by atoms with Crippen LogP contribution in [0.2, 0.25) is 0 Å². The minimum atomic E-state index is -0.242. The first-order valence-corrected chi connectivity index (χ1v) is 11.9. The molecule has 3 aromatic rings. The van der Waals surface area contributed by atoms with E-state index in [1.165, 1.54) is 0 Å². The summed E-state index contributed by atoms with van der Waals surface area (Å²) in [6.45, 7) is 6.83. The van der Waals surface area contributed by atoms with E-state index in [2.05, 4.69) is 10.2 Å². The topological polar surface area (TPSA) is 81.0 Å². The molecule has 7 heteroatoms. The number of ether oxygens (including phenoxy) is 2. The number of nitrogens with one attached hydrogen (secondary N) is 1. The SMILES string of the molecule is Cc1c(-c2ccccc2)oc2c(C(=O)NCC(C3CCOC3)N3CCOCC3)cccc2c1=O. The molecule has 2 saturated heterocycles. The Morgan fingerprint density at radius 3 is 2.59 bits per heavy atom. The monoisotopic (exact) mass is 462 g/mol. The summed E-state index contributed by atoms with van der Waals surface area (Å²) < 4.78 is 17.4. The Hall–Kier alpha value is -3.00. The number of amides is 1. The lowest BCUT2D eigenvalue weighted by molar-refractivity contribution is 0.00167. The highest BCUT2D eigenvalue weighted by Crippen LogP contribution is 2.27. The second kappa shape index (κ2) is 10.1. The van der Waals surface area contributed by atoms with Gasteiger partial charge in [-0.05, 0) is 25.5 Å². The number of morpholine rings is 1. The Bertz CT molecular complexity index is 1210. The zero-order chi connectivity index (χ0) is 23.5. The lowest BCUT2D eigenvalue weighted by Crippen LogP contribution is -2.52. The third-order valence-electron chi connectivity index (χ3n) is 6.92. The molecule has 2 aliphatic rings. The molecule has 34 heavy (non-hydrogen) atoms. The van der Waals surface area contributed by atoms with Crippen LogP contribution in [0.1, 0.15) is 22.3 Å². The van der Waals surface area contributed by atoms with Gasteiger partial charge in [-0.25, -0.2) is 0 Å². The highest BCUT2D eigenvalue weighted by Gasteiger charge is 2.32. The summed E-state index contributed by atoms with van der Waals surface area (Å²) >= 11 is 0. The van der Waals surface area contributed by atoms with Gasteiger partial charge in [0.15, 0.2) is 11.0 Å². The maximum atomic E-state index is 13.4. The van der Waals surface area contributed by atoms with Crippen LogP contribution in [0.4, 0.5) is 0 Å². The molecule has 0 bridgehead atoms. The van der Waals surface area contributed by atoms with Gasteiger partial charge in [0, 0.05) is 49.3 Å². The van der Waals surface area contributed by atoms with Crippen LogP contribution in [-0.2, 0) is 9.47 Å². The van der Waals surface area contributed by atoms with Crippen LogP contribution in [-0.4, -0.2) is 62.9 Å². The largest absolute Gasteiger partial charge is 0.455 e. The summed E-state index contributed by atoms with van der Waals surface area (Å²) in [6, 6.07) is 14.9. The lowest BCUT2D eigenvalue weighted by Gasteiger charge is -2.37. The van der Waals surface area contributed by atoms with Crippen molar-refractivity contribution in [2.75, 3.05) is 46.1 Å². The van der Waals surface area contributed by atoms with Crippen LogP contribution in [0.15, 0.2) is 57.7 Å². The van der Waals surface area contributed by atoms with Gasteiger partial charge in [-0.1, -0.05) is 36.4 Å². The van der Waals surface area contributed by atoms with E-state index in [-0.39, 0.29) is 17.4 Å². The van der Waals surface area contributed by atoms with Crippen molar-refractivity contribution in [1.82, 2.24) is 10.2 Å². The molecular formula is C27H30N2O5. The Labute approximate surface area is 198 Å². The van der Waals surface area contributed by atoms with E-state index in [0.717, 1.165) is 31.7 Å². The third-order valence-corrected chi connectivity index (χ3v) is 6.92. The number of para-hydroxylation sites is 1. The highest BCUT2D eigenvalue weighted by atomic mass is 16.5. The number of carbonyl (C=O) groups is 1. The average Bonchev–Trinajstić information content (AvgIpc) is 3.42. The number of rotatable bonds is 6. The zero-order valence-corrected chi connectivity index (χ0v) is 19.4. The lowest BCUT2D eigenvalue weighted by atomic mass is 9.96. The molecule has 0 aliphatic carbocycles. The van der Waals surface area contributed by atoms with Crippen LogP contribution < -0.4 is 10.7 Å². The molecule has 1 aromatic heterocycles. The van der Waals surface area contributed by atoms with E-state index in [4.69, 9.17) is 13.9 Å². The van der Waals surface area contributed by atoms with Gasteiger partial charge in [-0.2, -0.15) is 0 Å². The highest BCUT2D eigenvalue weighted by molar-refractivity contribution is 6.05. The molecule has 0 radical (unpaired) electrons. The van der Waals surface area contributed by atoms with Gasteiger partial charge in [-0.15, -0.1) is 0 Å². The fraction of sp³-hybridized carbons (Fsp3) is 0.407. The first-order valence-electron chi connectivity index (χ1n) is 11.9. The molecule has 3 heterocycles. The summed E-state index contributed by atoms with van der Waals surface area (Å²) in [5.41, 5.74) is 1.91. The van der Waals surface area contributed by atoms with Crippen LogP contribution in [0.25, 0.3) is 22.3 Å². The van der Waals surface area contributed by atoms with Crippen LogP contribution in [0.3, 0.4) is 0 Å². The van der Waals surface area contributed by atoms with Crippen molar-refractivity contribution in [3.8, 4) is 11.3 Å². The summed E-state index contributed by atoms with van der Waals surface area (Å²) in [5, 5.41) is 3.54. The Kier molecular flexibility index (Phi) is 6.76. The van der Waals surface area contributed by atoms with Crippen molar-refractivity contribution in [2.24, 2.45) is 5.92 Å². The summed E-state index contributed by atoms with van der Waals surface area (Å²) in [4.78, 5) is 28.9. The Morgan fingerprint density at radius 1 is 1.06 bits per heavy atom. The Morgan fingerprint density at radius 2 is 1.85 bits per heavy atom. The van der Waals surface area contributed by atoms with Gasteiger partial charge in [0.05, 0.1) is 30.8 Å². The van der Waals surface area contributed by atoms with Gasteiger partial charge in [0.2, 0.25) is 0 Å². The molecule has 7 nitrogen and oxygen atoms in total. The Balaban J connectivity index is 1.44. The van der Waals surface area contributed by atoms with E-state index in [9.17, 15) is 9.59 Å². The second-order valence-electron chi connectivity index (χ2n) is 8.98. The van der Waals surface area contributed by atoms with Crippen molar-refractivity contribution in [1.29, 1.82) is 0 Å². The van der Waals surface area contributed by atoms with E-state index in [0.29, 0.717) is 60.1 Å². The first kappa shape index (κ1) is 22.8. The fourth-order valence-electron chi connectivity index (χ4n) is 5.00. The van der Waals surface area contributed by atoms with E-state index >= 15 is 0 Å². The van der Waals surface area contributed by atoms with Gasteiger partial charge >= 0.3 is 0 Å². The van der Waals surface area contributed by atoms with Crippen molar-refractivity contribution in [3.05, 3.63) is 69.9 Å². The second-order valence-corrected chi connectivity index (χ2v) is 8.98. The predicted octanol–water partition coefficient (Wildman–Crippen LogP) is 3.24. The molecule has 0 spiro atoms. The molecule has 2 unspecified atom stereocenters. The van der Waals surface area contributed by atoms with Crippen molar-refractivity contribution in [3.63, 3.8) is 0 Å². The molecule has 2 fully saturated rings. The van der Waals surface area contributed by atoms with Gasteiger partial charge in [0.1, 0.15) is 5.76 Å². The maximum absolute atomic E-state index is 13.4. The summed E-state index contributed by atoms with van der Waals surface area (Å²) in [7, 11) is 0. The van der Waals surface area contributed by atoms with Crippen molar-refractivity contribution in [2.45, 2.75) is 19.4 Å². The minimum Gasteiger partial charge on any atom is -0.455 e. The molecule has 5 rings (SSSR count). The molecule has 1 amide bonds. The molecule has 178 valence electrons. The molecule has 1 N–H and O–H groups in total. The van der Waals surface area contributed by atoms with E-state index in [1.807, 2.05) is 30.3 Å². The quantitative estimate of drug-likeness (QED) is 0.606. The first-order chi connectivity index (χ1) is 16.6. The molecular weight excluding hydrogens is 432 g/mol. The summed E-state index contributed by atoms with van der Waals surface area (Å²) in [6.07, 6.45) is 0.987. The summed E-state index contributed by atoms with van der Waals surface area (Å²) in [5.74, 6) is 0.623. The normalized spacial score (nSPS) is 19.9. The van der Waals surface area contributed by atoms with Crippen LogP contribution >= 0.6 is 0 Å². The number of nitrogens with zero attached hydrogens (tertiary/aromatic N) is 1. The van der Waals surface area contributed by atoms with Gasteiger partial charge < -0.3 is 19.2 Å². The smallest absolute Gasteiger partial charge is 0.255 e. The standard InChI is InChI=1S/C27H30N2O5/c1-18-24(30)21-8-5-9-22(26(21)34-25(18)19-6-3-2-4-7-19)27(31)28-16-23(20-10-13-33-17-20)29-11-14-32-15-12-29/h2-9,20,23H,10-17H2,1H3,(H,28,31). The van der Waals surface area contributed by atoms with Crippen LogP contribution in [0, 0.1) is 12.8 Å². The molecule has 0 saturated carbocycles. The van der Waals surface area contributed by atoms with Crippen molar-refractivity contribution < 1.29 is 18.7 Å². The fourth-order valence-corrected chi connectivity index (χ4v) is 5.00. The van der Waals surface area contributed by atoms with Gasteiger partial charge in [-0.3, -0.25) is 14.5 Å². The number of fused-ring (bicyclic) bond motifs is 1. The molecule has 2 atom stereocenters. The average molecular weight is 463 g/mol. The van der Waals surface area contributed by atoms with Gasteiger partial charge in [0.25, 0.3) is 5.91 Å². The van der Waals surface area contributed by atoms with Crippen LogP contribution in [0.5, 0.6) is 0 Å². The third kappa shape index (κ3) is 4.51. The predicted molar refractivity (Wildman–Crippen MR) is 130 cm³/mol. The van der Waals surface area contributed by atoms with E-state index < -0.39 is 0 Å². The van der Waals surface area contributed by atoms with E-state index in [1.54, 1.807) is 25.1 Å². The number of hydrogen-bond acceptors (Lipinski definition) is 6. The number of carbonyl (C=O) groups excluding carboxylic acids is 1. The molecule has 2 aromatic carbocycles. The molecule has 2 aliphatic heterocycles. The number of hydrogen-bond donors (Lipinski definition) is 1.